The second-order valence-corrected chi connectivity index (χ2v) is 8.16. The van der Waals surface area contributed by atoms with E-state index in [1.54, 1.807) is 6.92 Å². The first kappa shape index (κ1) is 21.2. The highest BCUT2D eigenvalue weighted by molar-refractivity contribution is 5.82. The van der Waals surface area contributed by atoms with E-state index in [1.165, 1.54) is 68.8 Å². The number of carboxylic acids is 1. The molecule has 1 saturated carbocycles. The number of fused-ring (bicyclic) bond motifs is 1. The van der Waals surface area contributed by atoms with Crippen LogP contribution in [0.2, 0.25) is 0 Å². The van der Waals surface area contributed by atoms with Gasteiger partial charge in [-0.1, -0.05) is 57.2 Å². The van der Waals surface area contributed by atoms with Crippen LogP contribution in [0.1, 0.15) is 88.1 Å². The minimum atomic E-state index is -0.927. The molecule has 0 aliphatic heterocycles. The third kappa shape index (κ3) is 5.99. The lowest BCUT2D eigenvalue weighted by atomic mass is 9.98. The number of nitrogens with zero attached hydrogens (tertiary/aromatic N) is 2. The van der Waals surface area contributed by atoms with Gasteiger partial charge >= 0.3 is 5.97 Å². The van der Waals surface area contributed by atoms with E-state index in [9.17, 15) is 4.79 Å². The lowest BCUT2D eigenvalue weighted by molar-refractivity contribution is -0.131. The number of carboxylic acid groups (broad SMARTS) is 1. The summed E-state index contributed by atoms with van der Waals surface area (Å²) >= 11 is 0. The number of allylic oxidation sites excluding steroid dienone is 2. The maximum atomic E-state index is 10.8. The minimum absolute atomic E-state index is 0.566. The standard InChI is InChI=1S/C25H32N2O2/c1-3-4-5-6-11-22-25(20-9-7-8-10-20)27-21-15-14-19(17-23(21)26-22)13-12-18(2)16-24(28)29/h12-17,20H,3-11H2,1-2H3,(H,28,29)/b13-12+,18-16+. The maximum Gasteiger partial charge on any atom is 0.328 e. The highest BCUT2D eigenvalue weighted by Gasteiger charge is 2.22. The van der Waals surface area contributed by atoms with Crippen molar-refractivity contribution in [3.8, 4) is 0 Å². The molecule has 1 fully saturated rings. The van der Waals surface area contributed by atoms with E-state index in [1.807, 2.05) is 24.3 Å². The zero-order chi connectivity index (χ0) is 20.6. The van der Waals surface area contributed by atoms with Crippen LogP contribution in [0.25, 0.3) is 17.1 Å². The number of rotatable bonds is 9. The van der Waals surface area contributed by atoms with Gasteiger partial charge in [0.05, 0.1) is 22.4 Å². The summed E-state index contributed by atoms with van der Waals surface area (Å²) in [4.78, 5) is 20.9. The topological polar surface area (TPSA) is 63.1 Å². The molecule has 1 aromatic heterocycles. The molecule has 1 aromatic carbocycles. The largest absolute Gasteiger partial charge is 0.478 e. The number of carbonyl (C=O) groups is 1. The Balaban J connectivity index is 1.89. The molecular formula is C25H32N2O2. The summed E-state index contributed by atoms with van der Waals surface area (Å²) in [6.07, 6.45) is 16.0. The van der Waals surface area contributed by atoms with Gasteiger partial charge in [-0.15, -0.1) is 0 Å². The van der Waals surface area contributed by atoms with Gasteiger partial charge < -0.3 is 5.11 Å². The molecule has 0 bridgehead atoms. The normalized spacial score (nSPS) is 15.6. The first-order chi connectivity index (χ1) is 14.1. The van der Waals surface area contributed by atoms with Gasteiger partial charge in [-0.2, -0.15) is 0 Å². The summed E-state index contributed by atoms with van der Waals surface area (Å²) in [5, 5.41) is 8.84. The molecule has 154 valence electrons. The van der Waals surface area contributed by atoms with E-state index >= 15 is 0 Å². The first-order valence-electron chi connectivity index (χ1n) is 11.0. The van der Waals surface area contributed by atoms with Gasteiger partial charge in [0.1, 0.15) is 0 Å². The third-order valence-corrected chi connectivity index (χ3v) is 5.69. The smallest absolute Gasteiger partial charge is 0.328 e. The van der Waals surface area contributed by atoms with Crippen LogP contribution in [0.5, 0.6) is 0 Å². The highest BCUT2D eigenvalue weighted by Crippen LogP contribution is 2.35. The van der Waals surface area contributed by atoms with Crippen molar-refractivity contribution in [2.24, 2.45) is 0 Å². The average Bonchev–Trinajstić information content (AvgIpc) is 3.23. The minimum Gasteiger partial charge on any atom is -0.478 e. The molecule has 4 nitrogen and oxygen atoms in total. The summed E-state index contributed by atoms with van der Waals surface area (Å²) in [5.74, 6) is -0.361. The Morgan fingerprint density at radius 2 is 1.93 bits per heavy atom. The molecule has 1 N–H and O–H groups in total. The molecule has 0 spiro atoms. The quantitative estimate of drug-likeness (QED) is 0.302. The lowest BCUT2D eigenvalue weighted by Crippen LogP contribution is -2.06. The zero-order valence-corrected chi connectivity index (χ0v) is 17.7. The van der Waals surface area contributed by atoms with Gasteiger partial charge in [0.2, 0.25) is 0 Å². The van der Waals surface area contributed by atoms with Crippen LogP contribution < -0.4 is 0 Å². The van der Waals surface area contributed by atoms with E-state index < -0.39 is 5.97 Å². The Hall–Kier alpha value is -2.49. The van der Waals surface area contributed by atoms with E-state index in [0.717, 1.165) is 23.0 Å². The van der Waals surface area contributed by atoms with Crippen LogP contribution in [-0.2, 0) is 11.2 Å². The number of unbranched alkanes of at least 4 members (excludes halogenated alkanes) is 3. The van der Waals surface area contributed by atoms with Crippen molar-refractivity contribution in [2.75, 3.05) is 0 Å². The van der Waals surface area contributed by atoms with Crippen molar-refractivity contribution in [3.63, 3.8) is 0 Å². The van der Waals surface area contributed by atoms with E-state index in [0.29, 0.717) is 11.5 Å². The molecule has 1 heterocycles. The SMILES string of the molecule is CCCCCCc1nc2cc(/C=C/C(C)=C/C(=O)O)ccc2nc1C1CCCC1. The molecule has 0 amide bonds. The first-order valence-corrected chi connectivity index (χ1v) is 11.0. The van der Waals surface area contributed by atoms with Gasteiger partial charge in [0.25, 0.3) is 0 Å². The van der Waals surface area contributed by atoms with Crippen molar-refractivity contribution < 1.29 is 9.90 Å². The fourth-order valence-electron chi connectivity index (χ4n) is 4.13. The molecule has 1 aliphatic rings. The van der Waals surface area contributed by atoms with Crippen LogP contribution in [0, 0.1) is 0 Å². The Kier molecular flexibility index (Phi) is 7.56. The molecule has 3 rings (SSSR count). The number of hydrogen-bond donors (Lipinski definition) is 1. The average molecular weight is 393 g/mol. The van der Waals surface area contributed by atoms with Crippen LogP contribution in [-0.4, -0.2) is 21.0 Å². The van der Waals surface area contributed by atoms with Gasteiger partial charge in [0.15, 0.2) is 0 Å². The Bertz CT molecular complexity index is 908. The van der Waals surface area contributed by atoms with Crippen LogP contribution in [0.15, 0.2) is 35.9 Å². The maximum absolute atomic E-state index is 10.8. The Morgan fingerprint density at radius 1 is 1.14 bits per heavy atom. The fraction of sp³-hybridized carbons (Fsp3) is 0.480. The zero-order valence-electron chi connectivity index (χ0n) is 17.7. The van der Waals surface area contributed by atoms with Crippen LogP contribution in [0.4, 0.5) is 0 Å². The van der Waals surface area contributed by atoms with Crippen molar-refractivity contribution in [3.05, 3.63) is 52.9 Å². The van der Waals surface area contributed by atoms with Crippen molar-refractivity contribution in [1.29, 1.82) is 0 Å². The summed E-state index contributed by atoms with van der Waals surface area (Å²) in [6, 6.07) is 6.12. The molecular weight excluding hydrogens is 360 g/mol. The van der Waals surface area contributed by atoms with Crippen LogP contribution in [0.3, 0.4) is 0 Å². The second kappa shape index (κ2) is 10.3. The van der Waals surface area contributed by atoms with Gasteiger partial charge in [0, 0.05) is 12.0 Å². The summed E-state index contributed by atoms with van der Waals surface area (Å²) < 4.78 is 0. The number of benzene rings is 1. The van der Waals surface area contributed by atoms with Gasteiger partial charge in [-0.25, -0.2) is 14.8 Å². The van der Waals surface area contributed by atoms with Crippen molar-refractivity contribution in [1.82, 2.24) is 9.97 Å². The molecule has 0 radical (unpaired) electrons. The van der Waals surface area contributed by atoms with Crippen molar-refractivity contribution >= 4 is 23.1 Å². The van der Waals surface area contributed by atoms with E-state index in [4.69, 9.17) is 15.1 Å². The van der Waals surface area contributed by atoms with E-state index in [-0.39, 0.29) is 0 Å². The molecule has 29 heavy (non-hydrogen) atoms. The van der Waals surface area contributed by atoms with Gasteiger partial charge in [-0.3, -0.25) is 0 Å². The Morgan fingerprint density at radius 3 is 2.66 bits per heavy atom. The molecule has 0 atom stereocenters. The van der Waals surface area contributed by atoms with Crippen LogP contribution >= 0.6 is 0 Å². The molecule has 0 unspecified atom stereocenters. The van der Waals surface area contributed by atoms with E-state index in [2.05, 4.69) is 13.0 Å². The summed E-state index contributed by atoms with van der Waals surface area (Å²) in [5.41, 5.74) is 6.02. The number of aryl methyl sites for hydroxylation is 1. The fourth-order valence-corrected chi connectivity index (χ4v) is 4.13. The molecule has 1 aliphatic carbocycles. The van der Waals surface area contributed by atoms with Gasteiger partial charge in [-0.05, 0) is 55.9 Å². The van der Waals surface area contributed by atoms with Crippen molar-refractivity contribution in [2.45, 2.75) is 77.6 Å². The molecule has 2 aromatic rings. The monoisotopic (exact) mass is 392 g/mol. The Labute approximate surface area is 173 Å². The second-order valence-electron chi connectivity index (χ2n) is 8.16. The molecule has 4 heteroatoms. The summed E-state index contributed by atoms with van der Waals surface area (Å²) in [7, 11) is 0. The number of aromatic nitrogens is 2. The summed E-state index contributed by atoms with van der Waals surface area (Å²) in [6.45, 7) is 4.02. The third-order valence-electron chi connectivity index (χ3n) is 5.69. The highest BCUT2D eigenvalue weighted by atomic mass is 16.4. The lowest BCUT2D eigenvalue weighted by Gasteiger charge is -2.15. The predicted octanol–water partition coefficient (Wildman–Crippen LogP) is 6.45. The number of hydrogen-bond acceptors (Lipinski definition) is 3. The predicted molar refractivity (Wildman–Crippen MR) is 119 cm³/mol. The molecule has 0 saturated heterocycles. The number of aliphatic carboxylic acids is 1.